The summed E-state index contributed by atoms with van der Waals surface area (Å²) in [7, 11) is 0. The Kier molecular flexibility index (Phi) is 3.59. The molecule has 0 aliphatic carbocycles. The fourth-order valence-electron chi connectivity index (χ4n) is 0.828. The number of ether oxygens (including phenoxy) is 1. The van der Waals surface area contributed by atoms with Gasteiger partial charge in [0.2, 0.25) is 0 Å². The lowest BCUT2D eigenvalue weighted by atomic mass is 10.4. The number of hydrogen-bond acceptors (Lipinski definition) is 4. The van der Waals surface area contributed by atoms with Crippen LogP contribution in [0, 0.1) is 11.3 Å². The van der Waals surface area contributed by atoms with Crippen molar-refractivity contribution in [2.45, 2.75) is 19.8 Å². The van der Waals surface area contributed by atoms with Gasteiger partial charge in [-0.1, -0.05) is 24.7 Å². The highest BCUT2D eigenvalue weighted by atomic mass is 32.1. The van der Waals surface area contributed by atoms with E-state index in [0.717, 1.165) is 12.8 Å². The third kappa shape index (κ3) is 2.63. The third-order valence-electron chi connectivity index (χ3n) is 1.53. The lowest BCUT2D eigenvalue weighted by molar-refractivity contribution is 0.317. The summed E-state index contributed by atoms with van der Waals surface area (Å²) >= 11 is 1.18. The monoisotopic (exact) mass is 197 g/mol. The maximum atomic E-state index is 9.20. The number of thiophene rings is 1. The molecule has 1 rings (SSSR count). The van der Waals surface area contributed by atoms with Gasteiger partial charge in [0.1, 0.15) is 16.7 Å². The Hall–Kier alpha value is -1.21. The molecule has 1 aromatic rings. The second-order valence-corrected chi connectivity index (χ2v) is 3.61. The number of aromatic hydroxyl groups is 1. The first-order valence-electron chi connectivity index (χ1n) is 4.13. The van der Waals surface area contributed by atoms with Crippen molar-refractivity contribution in [3.63, 3.8) is 0 Å². The Morgan fingerprint density at radius 2 is 2.46 bits per heavy atom. The molecule has 0 atom stereocenters. The molecule has 0 saturated heterocycles. The van der Waals surface area contributed by atoms with Crippen molar-refractivity contribution < 1.29 is 9.84 Å². The summed E-state index contributed by atoms with van der Waals surface area (Å²) in [6.07, 6.45) is 2.06. The number of nitriles is 1. The van der Waals surface area contributed by atoms with Crippen molar-refractivity contribution in [3.05, 3.63) is 10.9 Å². The zero-order valence-corrected chi connectivity index (χ0v) is 8.23. The quantitative estimate of drug-likeness (QED) is 0.754. The molecular formula is C9H11NO2S. The molecule has 1 aromatic heterocycles. The van der Waals surface area contributed by atoms with Gasteiger partial charge in [-0.3, -0.25) is 0 Å². The Labute approximate surface area is 81.2 Å². The van der Waals surface area contributed by atoms with Gasteiger partial charge >= 0.3 is 0 Å². The molecule has 0 saturated carbocycles. The average Bonchev–Trinajstić information content (AvgIpc) is 2.47. The fourth-order valence-corrected chi connectivity index (χ4v) is 1.55. The van der Waals surface area contributed by atoms with Gasteiger partial charge in [0.05, 0.1) is 6.61 Å². The Morgan fingerprint density at radius 3 is 3.00 bits per heavy atom. The molecule has 0 aromatic carbocycles. The van der Waals surface area contributed by atoms with Gasteiger partial charge in [-0.25, -0.2) is 0 Å². The lowest BCUT2D eigenvalue weighted by Crippen LogP contribution is -1.93. The van der Waals surface area contributed by atoms with Gasteiger partial charge in [0, 0.05) is 6.07 Å². The van der Waals surface area contributed by atoms with Crippen LogP contribution in [-0.2, 0) is 0 Å². The molecule has 4 heteroatoms. The van der Waals surface area contributed by atoms with Crippen molar-refractivity contribution in [1.29, 1.82) is 5.26 Å². The lowest BCUT2D eigenvalue weighted by Gasteiger charge is -1.99. The Morgan fingerprint density at radius 1 is 1.69 bits per heavy atom. The van der Waals surface area contributed by atoms with Crippen LogP contribution in [0.15, 0.2) is 6.07 Å². The van der Waals surface area contributed by atoms with Crippen LogP contribution < -0.4 is 4.74 Å². The van der Waals surface area contributed by atoms with Crippen molar-refractivity contribution >= 4 is 11.3 Å². The maximum Gasteiger partial charge on any atom is 0.178 e. The van der Waals surface area contributed by atoms with E-state index >= 15 is 0 Å². The first-order valence-corrected chi connectivity index (χ1v) is 4.95. The molecule has 0 fully saturated rings. The highest BCUT2D eigenvalue weighted by molar-refractivity contribution is 7.14. The minimum Gasteiger partial charge on any atom is -0.506 e. The van der Waals surface area contributed by atoms with E-state index < -0.39 is 0 Å². The topological polar surface area (TPSA) is 53.2 Å². The van der Waals surface area contributed by atoms with E-state index in [4.69, 9.17) is 10.00 Å². The number of unbranched alkanes of at least 4 members (excludes halogenated alkanes) is 1. The van der Waals surface area contributed by atoms with Gasteiger partial charge in [0.15, 0.2) is 5.06 Å². The zero-order chi connectivity index (χ0) is 9.68. The van der Waals surface area contributed by atoms with E-state index in [0.29, 0.717) is 16.5 Å². The van der Waals surface area contributed by atoms with Crippen LogP contribution in [0.5, 0.6) is 10.8 Å². The predicted molar refractivity (Wildman–Crippen MR) is 51.1 cm³/mol. The molecule has 1 N–H and O–H groups in total. The molecule has 0 amide bonds. The van der Waals surface area contributed by atoms with Crippen molar-refractivity contribution in [2.24, 2.45) is 0 Å². The van der Waals surface area contributed by atoms with E-state index in [1.54, 1.807) is 0 Å². The summed E-state index contributed by atoms with van der Waals surface area (Å²) in [6, 6.07) is 3.38. The zero-order valence-electron chi connectivity index (χ0n) is 7.41. The number of nitrogens with zero attached hydrogens (tertiary/aromatic N) is 1. The molecule has 0 radical (unpaired) electrons. The molecule has 0 spiro atoms. The summed E-state index contributed by atoms with van der Waals surface area (Å²) in [5.74, 6) is 0.0130. The van der Waals surface area contributed by atoms with Gasteiger partial charge in [-0.2, -0.15) is 5.26 Å². The van der Waals surface area contributed by atoms with E-state index in [1.165, 1.54) is 17.4 Å². The van der Waals surface area contributed by atoms with Crippen molar-refractivity contribution in [3.8, 4) is 16.9 Å². The van der Waals surface area contributed by atoms with E-state index in [-0.39, 0.29) is 5.75 Å². The maximum absolute atomic E-state index is 9.20. The second-order valence-electron chi connectivity index (χ2n) is 2.59. The number of hydrogen-bond donors (Lipinski definition) is 1. The minimum absolute atomic E-state index is 0.0130. The van der Waals surface area contributed by atoms with Crippen molar-refractivity contribution in [2.75, 3.05) is 6.61 Å². The van der Waals surface area contributed by atoms with E-state index in [1.807, 2.05) is 6.07 Å². The van der Waals surface area contributed by atoms with Crippen LogP contribution in [0.25, 0.3) is 0 Å². The smallest absolute Gasteiger partial charge is 0.178 e. The standard InChI is InChI=1S/C9H11NO2S/c1-2-3-4-12-9-5-7(11)8(6-10)13-9/h5,11H,2-4H2,1H3. The predicted octanol–water partition coefficient (Wildman–Crippen LogP) is 2.50. The molecule has 0 aliphatic heterocycles. The molecule has 0 unspecified atom stereocenters. The Balaban J connectivity index is 2.54. The van der Waals surface area contributed by atoms with E-state index in [2.05, 4.69) is 6.92 Å². The minimum atomic E-state index is 0.0130. The first kappa shape index (κ1) is 9.87. The molecule has 70 valence electrons. The summed E-state index contributed by atoms with van der Waals surface area (Å²) in [5, 5.41) is 18.4. The second kappa shape index (κ2) is 4.73. The molecular weight excluding hydrogens is 186 g/mol. The summed E-state index contributed by atoms with van der Waals surface area (Å²) in [6.45, 7) is 2.72. The van der Waals surface area contributed by atoms with Crippen LogP contribution in [0.4, 0.5) is 0 Å². The third-order valence-corrected chi connectivity index (χ3v) is 2.48. The highest BCUT2D eigenvalue weighted by Gasteiger charge is 2.07. The van der Waals surface area contributed by atoms with Gasteiger partial charge in [0.25, 0.3) is 0 Å². The van der Waals surface area contributed by atoms with Gasteiger partial charge in [-0.15, -0.1) is 0 Å². The van der Waals surface area contributed by atoms with Crippen LogP contribution in [0.1, 0.15) is 24.6 Å². The normalized spacial score (nSPS) is 9.54. The molecule has 0 aliphatic rings. The first-order chi connectivity index (χ1) is 6.27. The summed E-state index contributed by atoms with van der Waals surface area (Å²) in [5.41, 5.74) is 0. The van der Waals surface area contributed by atoms with E-state index in [9.17, 15) is 5.11 Å². The Bertz CT molecular complexity index is 314. The average molecular weight is 197 g/mol. The summed E-state index contributed by atoms with van der Waals surface area (Å²) in [4.78, 5) is 0.312. The highest BCUT2D eigenvalue weighted by Crippen LogP contribution is 2.33. The molecule has 13 heavy (non-hydrogen) atoms. The fraction of sp³-hybridized carbons (Fsp3) is 0.444. The van der Waals surface area contributed by atoms with Crippen LogP contribution in [0.3, 0.4) is 0 Å². The SMILES string of the molecule is CCCCOc1cc(O)c(C#N)s1. The number of rotatable bonds is 4. The van der Waals surface area contributed by atoms with Gasteiger partial charge in [-0.05, 0) is 6.42 Å². The summed E-state index contributed by atoms with van der Waals surface area (Å²) < 4.78 is 5.32. The molecule has 0 bridgehead atoms. The van der Waals surface area contributed by atoms with Crippen molar-refractivity contribution in [1.82, 2.24) is 0 Å². The van der Waals surface area contributed by atoms with Crippen LogP contribution >= 0.6 is 11.3 Å². The van der Waals surface area contributed by atoms with Crippen LogP contribution in [0.2, 0.25) is 0 Å². The molecule has 1 heterocycles. The van der Waals surface area contributed by atoms with Crippen LogP contribution in [-0.4, -0.2) is 11.7 Å². The van der Waals surface area contributed by atoms with Gasteiger partial charge < -0.3 is 9.84 Å². The molecule has 3 nitrogen and oxygen atoms in total. The largest absolute Gasteiger partial charge is 0.506 e.